The van der Waals surface area contributed by atoms with Crippen molar-refractivity contribution in [2.24, 2.45) is 0 Å². The Morgan fingerprint density at radius 2 is 2.46 bits per heavy atom. The van der Waals surface area contributed by atoms with Crippen LogP contribution >= 0.6 is 0 Å². The Labute approximate surface area is 76.8 Å². The molecule has 0 aromatic rings. The number of nitrogens with one attached hydrogen (secondary N) is 1. The number of amides is 1. The summed E-state index contributed by atoms with van der Waals surface area (Å²) in [7, 11) is 0. The summed E-state index contributed by atoms with van der Waals surface area (Å²) in [4.78, 5) is 11.4. The Hall–Kier alpha value is -1.35. The number of hydrogen-bond donors (Lipinski definition) is 1. The molecule has 2 aliphatic rings. The van der Waals surface area contributed by atoms with Gasteiger partial charge in [-0.2, -0.15) is 0 Å². The average molecular weight is 177 g/mol. The van der Waals surface area contributed by atoms with E-state index in [-0.39, 0.29) is 5.91 Å². The maximum atomic E-state index is 11.4. The van der Waals surface area contributed by atoms with Crippen molar-refractivity contribution in [1.82, 2.24) is 5.32 Å². The third-order valence-electron chi connectivity index (χ3n) is 2.07. The van der Waals surface area contributed by atoms with Crippen molar-refractivity contribution in [3.05, 3.63) is 36.1 Å². The van der Waals surface area contributed by atoms with Gasteiger partial charge in [-0.3, -0.25) is 4.79 Å². The Morgan fingerprint density at radius 3 is 3.08 bits per heavy atom. The fourth-order valence-corrected chi connectivity index (χ4v) is 1.45. The third kappa shape index (κ3) is 1.55. The van der Waals surface area contributed by atoms with Gasteiger partial charge in [0, 0.05) is 5.70 Å². The molecule has 68 valence electrons. The lowest BCUT2D eigenvalue weighted by atomic mass is 10.1. The number of morpholine rings is 1. The largest absolute Gasteiger partial charge is 0.357 e. The summed E-state index contributed by atoms with van der Waals surface area (Å²) in [5.74, 6) is -0.117. The van der Waals surface area contributed by atoms with Crippen LogP contribution in [-0.4, -0.2) is 18.6 Å². The van der Waals surface area contributed by atoms with Gasteiger partial charge < -0.3 is 10.1 Å². The van der Waals surface area contributed by atoms with Crippen LogP contribution in [0.2, 0.25) is 0 Å². The van der Waals surface area contributed by atoms with E-state index in [9.17, 15) is 4.79 Å². The zero-order valence-corrected chi connectivity index (χ0v) is 7.25. The Kier molecular flexibility index (Phi) is 2.02. The lowest BCUT2D eigenvalue weighted by molar-refractivity contribution is -0.132. The summed E-state index contributed by atoms with van der Waals surface area (Å²) in [6, 6.07) is 0. The van der Waals surface area contributed by atoms with E-state index in [4.69, 9.17) is 4.74 Å². The van der Waals surface area contributed by atoms with Gasteiger partial charge in [0.25, 0.3) is 5.91 Å². The maximum Gasteiger partial charge on any atom is 0.257 e. The van der Waals surface area contributed by atoms with E-state index in [0.717, 1.165) is 12.0 Å². The van der Waals surface area contributed by atoms with E-state index in [1.165, 1.54) is 0 Å². The molecule has 1 atom stereocenters. The molecular formula is C10H11NO2. The lowest BCUT2D eigenvalue weighted by Crippen LogP contribution is -2.43. The SMILES string of the molecule is C=C1COC(C2=CCC=C2)C(=O)N1. The normalized spacial score (nSPS) is 27.4. The first-order chi connectivity index (χ1) is 6.27. The van der Waals surface area contributed by atoms with Gasteiger partial charge in [-0.05, 0) is 12.0 Å². The molecule has 3 heteroatoms. The molecule has 1 heterocycles. The van der Waals surface area contributed by atoms with Crippen molar-refractivity contribution < 1.29 is 9.53 Å². The monoisotopic (exact) mass is 177 g/mol. The third-order valence-corrected chi connectivity index (χ3v) is 2.07. The first kappa shape index (κ1) is 8.26. The number of allylic oxidation sites excluding steroid dienone is 2. The molecule has 1 amide bonds. The second kappa shape index (κ2) is 3.18. The molecule has 2 rings (SSSR count). The van der Waals surface area contributed by atoms with Crippen LogP contribution in [0.4, 0.5) is 0 Å². The second-order valence-electron chi connectivity index (χ2n) is 3.13. The van der Waals surface area contributed by atoms with Crippen molar-refractivity contribution in [3.63, 3.8) is 0 Å². The van der Waals surface area contributed by atoms with Gasteiger partial charge in [-0.25, -0.2) is 0 Å². The van der Waals surface area contributed by atoms with E-state index in [0.29, 0.717) is 12.3 Å². The molecule has 0 saturated carbocycles. The van der Waals surface area contributed by atoms with Crippen LogP contribution < -0.4 is 5.32 Å². The summed E-state index contributed by atoms with van der Waals surface area (Å²) in [5, 5.41) is 2.67. The minimum Gasteiger partial charge on any atom is -0.357 e. The molecule has 0 spiro atoms. The molecule has 0 aromatic heterocycles. The molecule has 1 saturated heterocycles. The van der Waals surface area contributed by atoms with Crippen LogP contribution in [0.5, 0.6) is 0 Å². The van der Waals surface area contributed by atoms with E-state index in [1.807, 2.05) is 18.2 Å². The van der Waals surface area contributed by atoms with Crippen LogP contribution in [0.3, 0.4) is 0 Å². The van der Waals surface area contributed by atoms with E-state index in [1.54, 1.807) is 0 Å². The number of hydrogen-bond acceptors (Lipinski definition) is 2. The fourth-order valence-electron chi connectivity index (χ4n) is 1.45. The predicted octanol–water partition coefficient (Wildman–Crippen LogP) is 0.901. The van der Waals surface area contributed by atoms with Crippen molar-refractivity contribution in [1.29, 1.82) is 0 Å². The lowest BCUT2D eigenvalue weighted by Gasteiger charge is -2.24. The molecular weight excluding hydrogens is 166 g/mol. The number of ether oxygens (including phenoxy) is 1. The molecule has 13 heavy (non-hydrogen) atoms. The van der Waals surface area contributed by atoms with Gasteiger partial charge in [0.15, 0.2) is 6.10 Å². The van der Waals surface area contributed by atoms with E-state index >= 15 is 0 Å². The molecule has 1 fully saturated rings. The quantitative estimate of drug-likeness (QED) is 0.646. The van der Waals surface area contributed by atoms with Gasteiger partial charge in [0.05, 0.1) is 6.61 Å². The van der Waals surface area contributed by atoms with E-state index in [2.05, 4.69) is 11.9 Å². The predicted molar refractivity (Wildman–Crippen MR) is 48.9 cm³/mol. The van der Waals surface area contributed by atoms with Gasteiger partial charge in [0.2, 0.25) is 0 Å². The van der Waals surface area contributed by atoms with Crippen molar-refractivity contribution in [2.75, 3.05) is 6.61 Å². The van der Waals surface area contributed by atoms with E-state index < -0.39 is 6.10 Å². The van der Waals surface area contributed by atoms with Gasteiger partial charge in [-0.15, -0.1) is 0 Å². The average Bonchev–Trinajstić information content (AvgIpc) is 2.56. The van der Waals surface area contributed by atoms with Crippen LogP contribution in [0, 0.1) is 0 Å². The first-order valence-corrected chi connectivity index (χ1v) is 4.24. The van der Waals surface area contributed by atoms with Crippen LogP contribution in [0.15, 0.2) is 36.1 Å². The molecule has 1 aliphatic heterocycles. The highest BCUT2D eigenvalue weighted by Gasteiger charge is 2.27. The van der Waals surface area contributed by atoms with Crippen molar-refractivity contribution >= 4 is 5.91 Å². The van der Waals surface area contributed by atoms with Gasteiger partial charge in [-0.1, -0.05) is 24.8 Å². The Balaban J connectivity index is 2.12. The smallest absolute Gasteiger partial charge is 0.257 e. The standard InChI is InChI=1S/C10H11NO2/c1-7-6-13-9(10(12)11-7)8-4-2-3-5-8/h2,4-5,9H,1,3,6H2,(H,11,12). The second-order valence-corrected chi connectivity index (χ2v) is 3.13. The zero-order chi connectivity index (χ0) is 9.26. The molecule has 3 nitrogen and oxygen atoms in total. The number of carbonyl (C=O) groups excluding carboxylic acids is 1. The Morgan fingerprint density at radius 1 is 1.62 bits per heavy atom. The van der Waals surface area contributed by atoms with Crippen molar-refractivity contribution in [2.45, 2.75) is 12.5 Å². The minimum absolute atomic E-state index is 0.117. The number of carbonyl (C=O) groups is 1. The van der Waals surface area contributed by atoms with Crippen LogP contribution in [0.1, 0.15) is 6.42 Å². The zero-order valence-electron chi connectivity index (χ0n) is 7.25. The molecule has 1 N–H and O–H groups in total. The topological polar surface area (TPSA) is 38.3 Å². The van der Waals surface area contributed by atoms with Crippen molar-refractivity contribution in [3.8, 4) is 0 Å². The minimum atomic E-state index is -0.441. The molecule has 0 radical (unpaired) electrons. The molecule has 1 unspecified atom stereocenters. The van der Waals surface area contributed by atoms with Crippen LogP contribution in [-0.2, 0) is 9.53 Å². The molecule has 0 aromatic carbocycles. The summed E-state index contributed by atoms with van der Waals surface area (Å²) >= 11 is 0. The first-order valence-electron chi connectivity index (χ1n) is 4.24. The summed E-state index contributed by atoms with van der Waals surface area (Å²) in [5.41, 5.74) is 1.58. The highest BCUT2D eigenvalue weighted by molar-refractivity contribution is 5.87. The highest BCUT2D eigenvalue weighted by atomic mass is 16.5. The van der Waals surface area contributed by atoms with Gasteiger partial charge in [0.1, 0.15) is 0 Å². The summed E-state index contributed by atoms with van der Waals surface area (Å²) < 4.78 is 5.36. The summed E-state index contributed by atoms with van der Waals surface area (Å²) in [6.45, 7) is 4.04. The molecule has 0 bridgehead atoms. The number of rotatable bonds is 1. The molecule has 1 aliphatic carbocycles. The Bertz CT molecular complexity index is 315. The highest BCUT2D eigenvalue weighted by Crippen LogP contribution is 2.18. The van der Waals surface area contributed by atoms with Gasteiger partial charge >= 0.3 is 0 Å². The van der Waals surface area contributed by atoms with Crippen LogP contribution in [0.25, 0.3) is 0 Å². The fraction of sp³-hybridized carbons (Fsp3) is 0.300. The maximum absolute atomic E-state index is 11.4. The summed E-state index contributed by atoms with van der Waals surface area (Å²) in [6.07, 6.45) is 6.39.